The summed E-state index contributed by atoms with van der Waals surface area (Å²) in [6.07, 6.45) is 0.469. The Morgan fingerprint density at radius 1 is 1.15 bits per heavy atom. The zero-order chi connectivity index (χ0) is 14.9. The van der Waals surface area contributed by atoms with Gasteiger partial charge in [0.05, 0.1) is 25.6 Å². The van der Waals surface area contributed by atoms with Crippen LogP contribution in [0.4, 0.5) is 11.4 Å². The summed E-state index contributed by atoms with van der Waals surface area (Å²) in [5.74, 6) is 1.30. The molecular weight excluding hydrogens is 256 g/mol. The van der Waals surface area contributed by atoms with E-state index in [0.29, 0.717) is 24.5 Å². The maximum absolute atomic E-state index is 11.9. The second kappa shape index (κ2) is 5.23. The summed E-state index contributed by atoms with van der Waals surface area (Å²) in [6, 6.07) is 3.74. The first kappa shape index (κ1) is 14.5. The van der Waals surface area contributed by atoms with Crippen molar-refractivity contribution >= 4 is 17.3 Å². The second-order valence-electron chi connectivity index (χ2n) is 5.84. The number of rotatable bonds is 2. The number of amides is 1. The smallest absolute Gasteiger partial charge is 0.226 e. The van der Waals surface area contributed by atoms with Crippen molar-refractivity contribution < 1.29 is 14.3 Å². The molecule has 1 aliphatic rings. The van der Waals surface area contributed by atoms with Crippen molar-refractivity contribution in [1.82, 2.24) is 0 Å². The van der Waals surface area contributed by atoms with Crippen LogP contribution in [-0.4, -0.2) is 32.2 Å². The van der Waals surface area contributed by atoms with Gasteiger partial charge in [-0.25, -0.2) is 0 Å². The molecule has 2 rings (SSSR count). The van der Waals surface area contributed by atoms with Crippen LogP contribution in [0.25, 0.3) is 0 Å². The number of carbonyl (C=O) groups is 1. The fraction of sp³-hybridized carbons (Fsp3) is 0.533. The summed E-state index contributed by atoms with van der Waals surface area (Å²) in [4.78, 5) is 14.1. The molecule has 110 valence electrons. The Kier molecular flexibility index (Phi) is 3.79. The lowest BCUT2D eigenvalue weighted by molar-refractivity contribution is -0.116. The molecule has 1 aromatic carbocycles. The maximum atomic E-state index is 11.9. The molecule has 0 radical (unpaired) electrons. The van der Waals surface area contributed by atoms with Gasteiger partial charge < -0.3 is 19.7 Å². The molecule has 1 amide bonds. The Morgan fingerprint density at radius 3 is 2.30 bits per heavy atom. The maximum Gasteiger partial charge on any atom is 0.226 e. The number of ether oxygens (including phenoxy) is 2. The second-order valence-corrected chi connectivity index (χ2v) is 5.84. The third kappa shape index (κ3) is 2.66. The number of fused-ring (bicyclic) bond motifs is 1. The zero-order valence-electron chi connectivity index (χ0n) is 12.7. The zero-order valence-corrected chi connectivity index (χ0v) is 12.7. The van der Waals surface area contributed by atoms with E-state index in [0.717, 1.165) is 11.4 Å². The highest BCUT2D eigenvalue weighted by Gasteiger charge is 2.29. The predicted octanol–water partition coefficient (Wildman–Crippen LogP) is 2.65. The van der Waals surface area contributed by atoms with Gasteiger partial charge in [-0.1, -0.05) is 0 Å². The van der Waals surface area contributed by atoms with Gasteiger partial charge in [0, 0.05) is 30.6 Å². The largest absolute Gasteiger partial charge is 0.493 e. The van der Waals surface area contributed by atoms with E-state index in [4.69, 9.17) is 9.47 Å². The number of nitrogens with zero attached hydrogens (tertiary/aromatic N) is 1. The van der Waals surface area contributed by atoms with Gasteiger partial charge in [0.1, 0.15) is 0 Å². The van der Waals surface area contributed by atoms with Crippen LogP contribution in [0.1, 0.15) is 27.2 Å². The van der Waals surface area contributed by atoms with Gasteiger partial charge in [0.2, 0.25) is 5.91 Å². The summed E-state index contributed by atoms with van der Waals surface area (Å²) in [7, 11) is 3.20. The molecule has 0 saturated carbocycles. The Labute approximate surface area is 119 Å². The van der Waals surface area contributed by atoms with Crippen molar-refractivity contribution in [2.24, 2.45) is 0 Å². The average molecular weight is 278 g/mol. The van der Waals surface area contributed by atoms with Crippen LogP contribution in [0.5, 0.6) is 11.5 Å². The monoisotopic (exact) mass is 278 g/mol. The lowest BCUT2D eigenvalue weighted by atomic mass is 10.0. The molecule has 0 aliphatic carbocycles. The minimum Gasteiger partial charge on any atom is -0.493 e. The highest BCUT2D eigenvalue weighted by atomic mass is 16.5. The van der Waals surface area contributed by atoms with Crippen LogP contribution in [0.3, 0.4) is 0 Å². The first-order chi connectivity index (χ1) is 9.36. The molecule has 0 bridgehead atoms. The van der Waals surface area contributed by atoms with Gasteiger partial charge in [-0.15, -0.1) is 0 Å². The van der Waals surface area contributed by atoms with Crippen molar-refractivity contribution in [1.29, 1.82) is 0 Å². The van der Waals surface area contributed by atoms with Crippen molar-refractivity contribution in [3.63, 3.8) is 0 Å². The molecule has 0 spiro atoms. The molecule has 0 saturated heterocycles. The number of benzene rings is 1. The lowest BCUT2D eigenvalue weighted by Crippen LogP contribution is -2.42. The SMILES string of the molecule is COc1cc2c(cc1OC)N(C(C)(C)C)CCC(=O)N2. The van der Waals surface area contributed by atoms with Crippen molar-refractivity contribution in [2.45, 2.75) is 32.7 Å². The fourth-order valence-corrected chi connectivity index (χ4v) is 2.43. The minimum absolute atomic E-state index is 0.0187. The van der Waals surface area contributed by atoms with Crippen LogP contribution < -0.4 is 19.7 Å². The third-order valence-electron chi connectivity index (χ3n) is 3.44. The van der Waals surface area contributed by atoms with E-state index < -0.39 is 0 Å². The Bertz CT molecular complexity index is 521. The molecule has 0 aromatic heterocycles. The summed E-state index contributed by atoms with van der Waals surface area (Å²) >= 11 is 0. The van der Waals surface area contributed by atoms with E-state index in [1.165, 1.54) is 0 Å². The van der Waals surface area contributed by atoms with E-state index in [1.54, 1.807) is 14.2 Å². The van der Waals surface area contributed by atoms with Crippen LogP contribution in [0.15, 0.2) is 12.1 Å². The Morgan fingerprint density at radius 2 is 1.75 bits per heavy atom. The quantitative estimate of drug-likeness (QED) is 0.903. The standard InChI is InChI=1S/C15H22N2O3/c1-15(2,3)17-7-6-14(18)16-10-8-12(19-4)13(20-5)9-11(10)17/h8-9H,6-7H2,1-5H3,(H,16,18). The van der Waals surface area contributed by atoms with E-state index >= 15 is 0 Å². The van der Waals surface area contributed by atoms with Gasteiger partial charge >= 0.3 is 0 Å². The number of carbonyl (C=O) groups excluding carboxylic acids is 1. The van der Waals surface area contributed by atoms with Crippen molar-refractivity contribution in [3.05, 3.63) is 12.1 Å². The van der Waals surface area contributed by atoms with Gasteiger partial charge in [-0.2, -0.15) is 0 Å². The molecule has 1 heterocycles. The van der Waals surface area contributed by atoms with Crippen LogP contribution in [0.2, 0.25) is 0 Å². The highest BCUT2D eigenvalue weighted by molar-refractivity contribution is 5.97. The molecule has 5 heteroatoms. The third-order valence-corrected chi connectivity index (χ3v) is 3.44. The summed E-state index contributed by atoms with van der Waals surface area (Å²) < 4.78 is 10.7. The van der Waals surface area contributed by atoms with Crippen LogP contribution in [0, 0.1) is 0 Å². The fourth-order valence-electron chi connectivity index (χ4n) is 2.43. The normalized spacial score (nSPS) is 15.2. The molecule has 0 atom stereocenters. The number of hydrogen-bond donors (Lipinski definition) is 1. The molecular formula is C15H22N2O3. The van der Waals surface area contributed by atoms with Gasteiger partial charge in [0.25, 0.3) is 0 Å². The van der Waals surface area contributed by atoms with E-state index in [9.17, 15) is 4.79 Å². The van der Waals surface area contributed by atoms with E-state index in [-0.39, 0.29) is 11.4 Å². The number of methoxy groups -OCH3 is 2. The van der Waals surface area contributed by atoms with E-state index in [1.807, 2.05) is 12.1 Å². The first-order valence-electron chi connectivity index (χ1n) is 6.70. The van der Waals surface area contributed by atoms with Crippen LogP contribution >= 0.6 is 0 Å². The average Bonchev–Trinajstić information content (AvgIpc) is 2.54. The molecule has 1 aromatic rings. The first-order valence-corrected chi connectivity index (χ1v) is 6.70. The number of hydrogen-bond acceptors (Lipinski definition) is 4. The summed E-state index contributed by atoms with van der Waals surface area (Å²) in [5.41, 5.74) is 1.64. The van der Waals surface area contributed by atoms with Gasteiger partial charge in [-0.3, -0.25) is 4.79 Å². The van der Waals surface area contributed by atoms with Crippen molar-refractivity contribution in [2.75, 3.05) is 31.0 Å². The molecule has 20 heavy (non-hydrogen) atoms. The van der Waals surface area contributed by atoms with Gasteiger partial charge in [0.15, 0.2) is 11.5 Å². The molecule has 0 fully saturated rings. The van der Waals surface area contributed by atoms with Gasteiger partial charge in [-0.05, 0) is 20.8 Å². The topological polar surface area (TPSA) is 50.8 Å². The van der Waals surface area contributed by atoms with Crippen molar-refractivity contribution in [3.8, 4) is 11.5 Å². The Balaban J connectivity index is 2.59. The lowest BCUT2D eigenvalue weighted by Gasteiger charge is -2.37. The molecule has 0 unspecified atom stereocenters. The Hall–Kier alpha value is -1.91. The van der Waals surface area contributed by atoms with E-state index in [2.05, 4.69) is 31.0 Å². The van der Waals surface area contributed by atoms with Crippen LogP contribution in [-0.2, 0) is 4.79 Å². The molecule has 1 N–H and O–H groups in total. The summed E-state index contributed by atoms with van der Waals surface area (Å²) in [6.45, 7) is 7.06. The molecule has 1 aliphatic heterocycles. The predicted molar refractivity (Wildman–Crippen MR) is 79.9 cm³/mol. The number of anilines is 2. The number of nitrogens with one attached hydrogen (secondary N) is 1. The summed E-state index contributed by atoms with van der Waals surface area (Å²) in [5, 5.41) is 2.93. The molecule has 5 nitrogen and oxygen atoms in total. The highest BCUT2D eigenvalue weighted by Crippen LogP contribution is 2.41. The minimum atomic E-state index is -0.0827.